The molecule has 0 spiro atoms. The summed E-state index contributed by atoms with van der Waals surface area (Å²) in [5, 5.41) is 9.73. The van der Waals surface area contributed by atoms with Gasteiger partial charge >= 0.3 is 0 Å². The number of hydrogen-bond donors (Lipinski definition) is 1. The van der Waals surface area contributed by atoms with Gasteiger partial charge in [0.25, 0.3) is 5.79 Å². The molecule has 1 atom stereocenters. The van der Waals surface area contributed by atoms with Gasteiger partial charge < -0.3 is 14.7 Å². The standard InChI is InChI=1S/C11H15NO3/c1-12(2)10-6-4-9(5-7-10)11(14,8-13)15-3/h4-8,14H,1-3H3. The fourth-order valence-corrected chi connectivity index (χ4v) is 1.23. The summed E-state index contributed by atoms with van der Waals surface area (Å²) in [6.45, 7) is 0. The summed E-state index contributed by atoms with van der Waals surface area (Å²) in [6.07, 6.45) is 0.373. The minimum atomic E-state index is -1.84. The third-order valence-electron chi connectivity index (χ3n) is 2.27. The van der Waals surface area contributed by atoms with Gasteiger partial charge in [-0.1, -0.05) is 12.1 Å². The fraction of sp³-hybridized carbons (Fsp3) is 0.364. The molecule has 0 heterocycles. The zero-order valence-electron chi connectivity index (χ0n) is 9.10. The molecule has 82 valence electrons. The molecule has 0 aromatic heterocycles. The third kappa shape index (κ3) is 2.34. The van der Waals surface area contributed by atoms with Crippen molar-refractivity contribution in [3.05, 3.63) is 29.8 Å². The summed E-state index contributed by atoms with van der Waals surface area (Å²) in [7, 11) is 5.11. The molecule has 0 aliphatic carbocycles. The maximum Gasteiger partial charge on any atom is 0.250 e. The van der Waals surface area contributed by atoms with E-state index in [1.54, 1.807) is 12.1 Å². The van der Waals surface area contributed by atoms with Crippen molar-refractivity contribution < 1.29 is 14.6 Å². The molecular formula is C11H15NO3. The van der Waals surface area contributed by atoms with Crippen LogP contribution in [0, 0.1) is 0 Å². The summed E-state index contributed by atoms with van der Waals surface area (Å²) in [5.74, 6) is -1.84. The zero-order chi connectivity index (χ0) is 11.5. The van der Waals surface area contributed by atoms with Crippen molar-refractivity contribution in [1.29, 1.82) is 0 Å². The lowest BCUT2D eigenvalue weighted by atomic mass is 10.1. The van der Waals surface area contributed by atoms with E-state index in [9.17, 15) is 9.90 Å². The van der Waals surface area contributed by atoms with E-state index in [4.69, 9.17) is 4.74 Å². The SMILES string of the molecule is COC(O)(C=O)c1ccc(N(C)C)cc1. The first-order valence-electron chi connectivity index (χ1n) is 4.55. The Bertz CT molecular complexity index is 334. The first-order valence-corrected chi connectivity index (χ1v) is 4.55. The smallest absolute Gasteiger partial charge is 0.250 e. The molecule has 0 amide bonds. The van der Waals surface area contributed by atoms with E-state index in [0.717, 1.165) is 5.69 Å². The Balaban J connectivity index is 3.02. The highest BCUT2D eigenvalue weighted by Crippen LogP contribution is 2.22. The molecular weight excluding hydrogens is 194 g/mol. The lowest BCUT2D eigenvalue weighted by molar-refractivity contribution is -0.187. The van der Waals surface area contributed by atoms with Crippen LogP contribution < -0.4 is 4.90 Å². The van der Waals surface area contributed by atoms with Crippen LogP contribution in [-0.2, 0) is 15.3 Å². The average molecular weight is 209 g/mol. The molecule has 0 bridgehead atoms. The van der Waals surface area contributed by atoms with Gasteiger partial charge in [-0.2, -0.15) is 0 Å². The van der Waals surface area contributed by atoms with Gasteiger partial charge in [0, 0.05) is 32.5 Å². The maximum absolute atomic E-state index is 10.7. The number of hydrogen-bond acceptors (Lipinski definition) is 4. The van der Waals surface area contributed by atoms with Gasteiger partial charge in [0.15, 0.2) is 6.29 Å². The van der Waals surface area contributed by atoms with Crippen LogP contribution in [0.1, 0.15) is 5.56 Å². The van der Waals surface area contributed by atoms with Crippen molar-refractivity contribution in [2.24, 2.45) is 0 Å². The quantitative estimate of drug-likeness (QED) is 0.587. The molecule has 0 radical (unpaired) electrons. The van der Waals surface area contributed by atoms with Crippen LogP contribution in [0.2, 0.25) is 0 Å². The summed E-state index contributed by atoms with van der Waals surface area (Å²) in [4.78, 5) is 12.6. The van der Waals surface area contributed by atoms with E-state index in [-0.39, 0.29) is 0 Å². The number of ether oxygens (including phenoxy) is 1. The van der Waals surface area contributed by atoms with Gasteiger partial charge in [-0.3, -0.25) is 4.79 Å². The van der Waals surface area contributed by atoms with Gasteiger partial charge in [0.1, 0.15) is 0 Å². The highest BCUT2D eigenvalue weighted by atomic mass is 16.6. The highest BCUT2D eigenvalue weighted by Gasteiger charge is 2.28. The molecule has 1 aromatic rings. The van der Waals surface area contributed by atoms with Crippen molar-refractivity contribution >= 4 is 12.0 Å². The van der Waals surface area contributed by atoms with Crippen molar-refractivity contribution in [3.8, 4) is 0 Å². The second-order valence-corrected chi connectivity index (χ2v) is 3.46. The Labute approximate surface area is 89.1 Å². The van der Waals surface area contributed by atoms with E-state index < -0.39 is 5.79 Å². The van der Waals surface area contributed by atoms with E-state index in [0.29, 0.717) is 11.8 Å². The Morgan fingerprint density at radius 3 is 2.20 bits per heavy atom. The zero-order valence-corrected chi connectivity index (χ0v) is 9.10. The average Bonchev–Trinajstić information content (AvgIpc) is 2.28. The van der Waals surface area contributed by atoms with Crippen LogP contribution >= 0.6 is 0 Å². The van der Waals surface area contributed by atoms with Gasteiger partial charge in [-0.25, -0.2) is 0 Å². The van der Waals surface area contributed by atoms with Crippen molar-refractivity contribution in [2.45, 2.75) is 5.79 Å². The molecule has 4 heteroatoms. The molecule has 15 heavy (non-hydrogen) atoms. The monoisotopic (exact) mass is 209 g/mol. The molecule has 0 saturated carbocycles. The van der Waals surface area contributed by atoms with Crippen molar-refractivity contribution in [2.75, 3.05) is 26.1 Å². The van der Waals surface area contributed by atoms with E-state index in [2.05, 4.69) is 0 Å². The first-order chi connectivity index (χ1) is 7.03. The van der Waals surface area contributed by atoms with Crippen molar-refractivity contribution in [3.63, 3.8) is 0 Å². The number of methoxy groups -OCH3 is 1. The van der Waals surface area contributed by atoms with Crippen molar-refractivity contribution in [1.82, 2.24) is 0 Å². The fourth-order valence-electron chi connectivity index (χ4n) is 1.23. The molecule has 1 aromatic carbocycles. The van der Waals surface area contributed by atoms with Crippen LogP contribution in [0.4, 0.5) is 5.69 Å². The van der Waals surface area contributed by atoms with Crippen LogP contribution in [0.5, 0.6) is 0 Å². The normalized spacial score (nSPS) is 14.4. The number of nitrogens with zero attached hydrogens (tertiary/aromatic N) is 1. The molecule has 1 N–H and O–H groups in total. The minimum absolute atomic E-state index is 0.373. The summed E-state index contributed by atoms with van der Waals surface area (Å²) in [5.41, 5.74) is 1.41. The van der Waals surface area contributed by atoms with Gasteiger partial charge in [-0.05, 0) is 12.1 Å². The summed E-state index contributed by atoms with van der Waals surface area (Å²) < 4.78 is 4.75. The number of anilines is 1. The van der Waals surface area contributed by atoms with Crippen LogP contribution in [-0.4, -0.2) is 32.6 Å². The second kappa shape index (κ2) is 4.42. The predicted molar refractivity (Wildman–Crippen MR) is 57.7 cm³/mol. The Morgan fingerprint density at radius 2 is 1.87 bits per heavy atom. The molecule has 0 fully saturated rings. The molecule has 0 aliphatic rings. The first kappa shape index (κ1) is 11.7. The molecule has 4 nitrogen and oxygen atoms in total. The number of aliphatic hydroxyl groups is 1. The van der Waals surface area contributed by atoms with Crippen LogP contribution in [0.25, 0.3) is 0 Å². The lowest BCUT2D eigenvalue weighted by Crippen LogP contribution is -2.29. The third-order valence-corrected chi connectivity index (χ3v) is 2.27. The predicted octanol–water partition coefficient (Wildman–Crippen LogP) is 0.743. The number of carbonyl (C=O) groups excluding carboxylic acids is 1. The second-order valence-electron chi connectivity index (χ2n) is 3.46. The Hall–Kier alpha value is -1.39. The van der Waals surface area contributed by atoms with Crippen LogP contribution in [0.15, 0.2) is 24.3 Å². The minimum Gasteiger partial charge on any atom is -0.378 e. The number of rotatable bonds is 4. The molecule has 1 unspecified atom stereocenters. The van der Waals surface area contributed by atoms with Gasteiger partial charge in [-0.15, -0.1) is 0 Å². The Kier molecular flexibility index (Phi) is 3.44. The van der Waals surface area contributed by atoms with Gasteiger partial charge in [0.2, 0.25) is 0 Å². The molecule has 0 saturated heterocycles. The van der Waals surface area contributed by atoms with E-state index in [1.165, 1.54) is 7.11 Å². The largest absolute Gasteiger partial charge is 0.378 e. The number of aldehydes is 1. The topological polar surface area (TPSA) is 49.8 Å². The van der Waals surface area contributed by atoms with E-state index in [1.807, 2.05) is 31.1 Å². The molecule has 0 aliphatic heterocycles. The molecule has 1 rings (SSSR count). The lowest BCUT2D eigenvalue weighted by Gasteiger charge is -2.21. The maximum atomic E-state index is 10.7. The van der Waals surface area contributed by atoms with Gasteiger partial charge in [0.05, 0.1) is 0 Å². The number of carbonyl (C=O) groups is 1. The highest BCUT2D eigenvalue weighted by molar-refractivity contribution is 5.64. The summed E-state index contributed by atoms with van der Waals surface area (Å²) in [6, 6.07) is 6.94. The number of benzene rings is 1. The van der Waals surface area contributed by atoms with Crippen LogP contribution in [0.3, 0.4) is 0 Å². The Morgan fingerprint density at radius 1 is 1.33 bits per heavy atom. The summed E-state index contributed by atoms with van der Waals surface area (Å²) >= 11 is 0. The van der Waals surface area contributed by atoms with E-state index >= 15 is 0 Å².